The predicted octanol–water partition coefficient (Wildman–Crippen LogP) is 8.49. The van der Waals surface area contributed by atoms with Crippen molar-refractivity contribution in [2.75, 3.05) is 0 Å². The third-order valence-electron chi connectivity index (χ3n) is 8.87. The first-order chi connectivity index (χ1) is 21.7. The second kappa shape index (κ2) is 9.54. The Bertz CT molecular complexity index is 2240. The minimum atomic E-state index is -0.408. The van der Waals surface area contributed by atoms with Crippen LogP contribution in [0.3, 0.4) is 0 Å². The van der Waals surface area contributed by atoms with Gasteiger partial charge in [0.1, 0.15) is 0 Å². The van der Waals surface area contributed by atoms with Crippen molar-refractivity contribution in [1.29, 1.82) is 10.5 Å². The van der Waals surface area contributed by atoms with Crippen molar-refractivity contribution in [3.63, 3.8) is 0 Å². The molecule has 1 spiro atoms. The van der Waals surface area contributed by atoms with E-state index in [2.05, 4.69) is 101 Å². The first kappa shape index (κ1) is 25.7. The van der Waals surface area contributed by atoms with Gasteiger partial charge in [-0.05, 0) is 0 Å². The molecule has 3 aliphatic carbocycles. The molecule has 44 heavy (non-hydrogen) atoms. The molecule has 0 N–H and O–H groups in total. The van der Waals surface area contributed by atoms with E-state index in [1.165, 1.54) is 43.4 Å². The Morgan fingerprint density at radius 2 is 1.09 bits per heavy atom. The van der Waals surface area contributed by atoms with Gasteiger partial charge in [0.2, 0.25) is 0 Å². The van der Waals surface area contributed by atoms with Crippen LogP contribution in [0.5, 0.6) is 0 Å². The van der Waals surface area contributed by atoms with Crippen LogP contribution in [0.15, 0.2) is 120 Å². The third-order valence-corrected chi connectivity index (χ3v) is 11.4. The quantitative estimate of drug-likeness (QED) is 0.105. The normalized spacial score (nSPS) is 14.9. The summed E-state index contributed by atoms with van der Waals surface area (Å²) in [4.78, 5) is 7.15. The van der Waals surface area contributed by atoms with E-state index in [-0.39, 0.29) is 25.9 Å². The first-order valence-corrected chi connectivity index (χ1v) is 15.7. The van der Waals surface area contributed by atoms with E-state index in [1.807, 2.05) is 30.3 Å². The molecule has 0 radical (unpaired) electrons. The topological polar surface area (TPSA) is 56.3 Å². The molecule has 0 atom stereocenters. The second-order valence-corrected chi connectivity index (χ2v) is 13.1. The Kier molecular flexibility index (Phi) is 5.58. The van der Waals surface area contributed by atoms with Gasteiger partial charge in [0.15, 0.2) is 0 Å². The monoisotopic (exact) mass is 622 g/mol. The molecule has 200 valence electrons. The molecule has 0 bridgehead atoms. The fourth-order valence-corrected chi connectivity index (χ4v) is 10.1. The average molecular weight is 622 g/mol. The molecule has 1 heterocycles. The number of allylic oxidation sites excluding steroid dienone is 4. The standard InChI is InChI=1S/C39H18N4Se/c1-42-38(43-2)36-29-15-4-3-14-28(29)35(23(21-40)22-41)31(36)20-24-19-30-27-13-7-10-18-34(27)39(37(30)44-24)32-16-8-5-11-25(32)26-12-6-9-17-33(26)39/h3-20H/b31-20-. The van der Waals surface area contributed by atoms with Crippen LogP contribution < -0.4 is 0 Å². The number of fused-ring (bicyclic) bond motifs is 11. The Labute approximate surface area is 260 Å². The van der Waals surface area contributed by atoms with Crippen LogP contribution in [0.2, 0.25) is 0 Å². The Balaban J connectivity index is 1.45. The van der Waals surface area contributed by atoms with Gasteiger partial charge < -0.3 is 0 Å². The second-order valence-electron chi connectivity index (χ2n) is 10.8. The summed E-state index contributed by atoms with van der Waals surface area (Å²) in [6.45, 7) is 15.6. The summed E-state index contributed by atoms with van der Waals surface area (Å²) in [6, 6.07) is 39.9. The summed E-state index contributed by atoms with van der Waals surface area (Å²) in [6.07, 6.45) is 2.02. The molecule has 0 saturated carbocycles. The zero-order valence-corrected chi connectivity index (χ0v) is 24.8. The van der Waals surface area contributed by atoms with E-state index >= 15 is 0 Å². The van der Waals surface area contributed by atoms with Gasteiger partial charge in [-0.25, -0.2) is 0 Å². The van der Waals surface area contributed by atoms with Crippen LogP contribution in [-0.2, 0) is 5.41 Å². The predicted molar refractivity (Wildman–Crippen MR) is 172 cm³/mol. The molecule has 1 aromatic heterocycles. The average Bonchev–Trinajstić information content (AvgIpc) is 3.78. The molecule has 0 amide bonds. The Morgan fingerprint density at radius 1 is 0.636 bits per heavy atom. The third kappa shape index (κ3) is 3.18. The summed E-state index contributed by atoms with van der Waals surface area (Å²) in [7, 11) is 0. The molecule has 4 aromatic carbocycles. The van der Waals surface area contributed by atoms with Crippen LogP contribution >= 0.6 is 0 Å². The van der Waals surface area contributed by atoms with Gasteiger partial charge in [-0.1, -0.05) is 0 Å². The number of nitriles is 2. The molecule has 8 rings (SSSR count). The minimum absolute atomic E-state index is 0.0277. The number of benzene rings is 4. The van der Waals surface area contributed by atoms with E-state index in [0.717, 1.165) is 4.44 Å². The van der Waals surface area contributed by atoms with Crippen molar-refractivity contribution in [3.05, 3.63) is 180 Å². The molecule has 0 saturated heterocycles. The van der Waals surface area contributed by atoms with Crippen LogP contribution in [0.25, 0.3) is 49.2 Å². The fourth-order valence-electron chi connectivity index (χ4n) is 7.30. The van der Waals surface area contributed by atoms with Gasteiger partial charge in [-0.2, -0.15) is 0 Å². The molecule has 5 aromatic rings. The van der Waals surface area contributed by atoms with E-state index in [0.29, 0.717) is 27.8 Å². The molecule has 4 nitrogen and oxygen atoms in total. The van der Waals surface area contributed by atoms with Gasteiger partial charge in [-0.3, -0.25) is 0 Å². The molecule has 5 heteroatoms. The number of hydrogen-bond donors (Lipinski definition) is 0. The Morgan fingerprint density at radius 3 is 1.59 bits per heavy atom. The molecule has 0 unspecified atom stereocenters. The van der Waals surface area contributed by atoms with E-state index in [9.17, 15) is 10.5 Å². The molecule has 0 aliphatic heterocycles. The van der Waals surface area contributed by atoms with E-state index < -0.39 is 5.41 Å². The maximum absolute atomic E-state index is 9.98. The number of nitrogens with zero attached hydrogens (tertiary/aromatic N) is 4. The van der Waals surface area contributed by atoms with Gasteiger partial charge in [0.25, 0.3) is 0 Å². The van der Waals surface area contributed by atoms with Gasteiger partial charge >= 0.3 is 262 Å². The zero-order valence-electron chi connectivity index (χ0n) is 23.1. The fraction of sp³-hybridized carbons (Fsp3) is 0.0256. The van der Waals surface area contributed by atoms with Crippen molar-refractivity contribution in [2.45, 2.75) is 5.41 Å². The van der Waals surface area contributed by atoms with Crippen molar-refractivity contribution in [3.8, 4) is 34.4 Å². The first-order valence-electron chi connectivity index (χ1n) is 14.0. The number of rotatable bonds is 1. The summed E-state index contributed by atoms with van der Waals surface area (Å²) in [5.41, 5.74) is 11.3. The van der Waals surface area contributed by atoms with E-state index in [1.54, 1.807) is 0 Å². The molecular formula is C39H18N4Se. The summed E-state index contributed by atoms with van der Waals surface area (Å²) in [5.74, 6) is -0.0685. The van der Waals surface area contributed by atoms with Gasteiger partial charge in [-0.15, -0.1) is 0 Å². The zero-order chi connectivity index (χ0) is 30.0. The van der Waals surface area contributed by atoms with Crippen LogP contribution in [-0.4, -0.2) is 14.5 Å². The van der Waals surface area contributed by atoms with E-state index in [4.69, 9.17) is 13.1 Å². The summed E-state index contributed by atoms with van der Waals surface area (Å²) < 4.78 is 2.43. The maximum atomic E-state index is 9.98. The van der Waals surface area contributed by atoms with Crippen molar-refractivity contribution in [2.24, 2.45) is 0 Å². The Hall–Kier alpha value is -5.94. The molecular weight excluding hydrogens is 603 g/mol. The summed E-state index contributed by atoms with van der Waals surface area (Å²) >= 11 is -0.132. The van der Waals surface area contributed by atoms with Crippen molar-refractivity contribution in [1.82, 2.24) is 0 Å². The van der Waals surface area contributed by atoms with Crippen LogP contribution in [0.1, 0.15) is 36.7 Å². The summed E-state index contributed by atoms with van der Waals surface area (Å²) in [5, 5.41) is 20.0. The van der Waals surface area contributed by atoms with Crippen LogP contribution in [0.4, 0.5) is 0 Å². The molecule has 0 fully saturated rings. The van der Waals surface area contributed by atoms with Crippen molar-refractivity contribution >= 4 is 31.7 Å². The van der Waals surface area contributed by atoms with Crippen molar-refractivity contribution < 1.29 is 0 Å². The van der Waals surface area contributed by atoms with Crippen LogP contribution in [0, 0.1) is 35.8 Å². The SMILES string of the molecule is [C-]#[N+]C([N+]#[C-])=C1/C(=C\c2cc3c([se]2)C2(c4ccccc4-c4ccccc42)c2ccccc2-3)C(=C(C#N)C#N)c2ccccc21. The number of hydrogen-bond acceptors (Lipinski definition) is 2. The van der Waals surface area contributed by atoms with Gasteiger partial charge in [0.05, 0.1) is 0 Å². The molecule has 3 aliphatic rings. The van der Waals surface area contributed by atoms with Gasteiger partial charge in [0, 0.05) is 0 Å².